The molecule has 8 nitrogen and oxygen atoms in total. The predicted octanol–water partition coefficient (Wildman–Crippen LogP) is 2.10. The zero-order valence-corrected chi connectivity index (χ0v) is 13.1. The Kier molecular flexibility index (Phi) is 3.51. The fourth-order valence-electron chi connectivity index (χ4n) is 2.89. The van der Waals surface area contributed by atoms with Gasteiger partial charge in [0, 0.05) is 12.1 Å². The predicted molar refractivity (Wildman–Crippen MR) is 83.8 cm³/mol. The van der Waals surface area contributed by atoms with E-state index >= 15 is 0 Å². The van der Waals surface area contributed by atoms with Gasteiger partial charge in [0.2, 0.25) is 0 Å². The van der Waals surface area contributed by atoms with Crippen molar-refractivity contribution >= 4 is 11.8 Å². The van der Waals surface area contributed by atoms with Gasteiger partial charge in [-0.15, -0.1) is 10.2 Å². The van der Waals surface area contributed by atoms with E-state index in [9.17, 15) is 4.79 Å². The van der Waals surface area contributed by atoms with E-state index in [1.807, 2.05) is 15.3 Å². The minimum Gasteiger partial charge on any atom is -0.331 e. The molecule has 122 valence electrons. The van der Waals surface area contributed by atoms with Crippen molar-refractivity contribution in [3.8, 4) is 0 Å². The van der Waals surface area contributed by atoms with E-state index in [-0.39, 0.29) is 6.03 Å². The maximum atomic E-state index is 12.1. The van der Waals surface area contributed by atoms with Crippen LogP contribution >= 0.6 is 0 Å². The van der Waals surface area contributed by atoms with Gasteiger partial charge in [-0.2, -0.15) is 5.10 Å². The number of hydrogen-bond acceptors (Lipinski definition) is 4. The van der Waals surface area contributed by atoms with Gasteiger partial charge < -0.3 is 9.88 Å². The lowest BCUT2D eigenvalue weighted by molar-refractivity contribution is 0.251. The Morgan fingerprint density at radius 1 is 1.39 bits per heavy atom. The van der Waals surface area contributed by atoms with Crippen molar-refractivity contribution in [2.45, 2.75) is 51.2 Å². The van der Waals surface area contributed by atoms with Gasteiger partial charge in [-0.05, 0) is 38.5 Å². The summed E-state index contributed by atoms with van der Waals surface area (Å²) in [6.07, 6.45) is 8.26. The van der Waals surface area contributed by atoms with E-state index in [2.05, 4.69) is 32.9 Å². The second-order valence-corrected chi connectivity index (χ2v) is 6.43. The minimum absolute atomic E-state index is 0.250. The molecule has 0 spiro atoms. The van der Waals surface area contributed by atoms with Crippen molar-refractivity contribution in [2.24, 2.45) is 5.92 Å². The summed E-state index contributed by atoms with van der Waals surface area (Å²) < 4.78 is 3.93. The molecule has 2 aliphatic carbocycles. The number of amides is 2. The van der Waals surface area contributed by atoms with Crippen molar-refractivity contribution < 1.29 is 4.79 Å². The van der Waals surface area contributed by atoms with Crippen LogP contribution in [-0.2, 0) is 6.54 Å². The van der Waals surface area contributed by atoms with Crippen molar-refractivity contribution in [1.82, 2.24) is 29.9 Å². The van der Waals surface area contributed by atoms with Gasteiger partial charge >= 0.3 is 6.03 Å². The zero-order chi connectivity index (χ0) is 15.8. The second-order valence-electron chi connectivity index (χ2n) is 6.43. The molecule has 2 fully saturated rings. The molecule has 0 bridgehead atoms. The van der Waals surface area contributed by atoms with E-state index in [0.29, 0.717) is 24.5 Å². The summed E-state index contributed by atoms with van der Waals surface area (Å²) in [5, 5.41) is 18.1. The third-order valence-corrected chi connectivity index (χ3v) is 4.60. The molecule has 2 aromatic heterocycles. The molecule has 23 heavy (non-hydrogen) atoms. The van der Waals surface area contributed by atoms with Crippen LogP contribution in [0.3, 0.4) is 0 Å². The lowest BCUT2D eigenvalue weighted by Crippen LogP contribution is -2.30. The molecule has 0 aromatic carbocycles. The average Bonchev–Trinajstić information content (AvgIpc) is 3.47. The summed E-state index contributed by atoms with van der Waals surface area (Å²) in [5.41, 5.74) is 0. The molecule has 4 rings (SSSR count). The van der Waals surface area contributed by atoms with Crippen molar-refractivity contribution in [3.05, 3.63) is 24.4 Å². The molecule has 1 unspecified atom stereocenters. The highest BCUT2D eigenvalue weighted by atomic mass is 16.2. The molecule has 0 saturated heterocycles. The van der Waals surface area contributed by atoms with Gasteiger partial charge in [0.1, 0.15) is 12.1 Å². The summed E-state index contributed by atoms with van der Waals surface area (Å²) >= 11 is 0. The summed E-state index contributed by atoms with van der Waals surface area (Å²) in [5.74, 6) is 2.20. The topological polar surface area (TPSA) is 89.7 Å². The van der Waals surface area contributed by atoms with E-state index in [1.165, 1.54) is 12.8 Å². The van der Waals surface area contributed by atoms with Gasteiger partial charge in [-0.3, -0.25) is 5.32 Å². The van der Waals surface area contributed by atoms with Gasteiger partial charge in [0.15, 0.2) is 5.82 Å². The highest BCUT2D eigenvalue weighted by Gasteiger charge is 2.31. The van der Waals surface area contributed by atoms with Crippen LogP contribution in [0.4, 0.5) is 10.6 Å². The molecular weight excluding hydrogens is 294 g/mol. The van der Waals surface area contributed by atoms with E-state index in [1.54, 1.807) is 12.5 Å². The molecule has 8 heteroatoms. The number of rotatable bonds is 6. The zero-order valence-electron chi connectivity index (χ0n) is 13.1. The fraction of sp³-hybridized carbons (Fsp3) is 0.600. The number of hydrogen-bond donors (Lipinski definition) is 2. The minimum atomic E-state index is -0.250. The first-order valence-corrected chi connectivity index (χ1v) is 8.19. The Balaban J connectivity index is 1.35. The van der Waals surface area contributed by atoms with E-state index in [4.69, 9.17) is 0 Å². The number of urea groups is 1. The Morgan fingerprint density at radius 2 is 2.22 bits per heavy atom. The summed E-state index contributed by atoms with van der Waals surface area (Å²) in [7, 11) is 0. The van der Waals surface area contributed by atoms with Gasteiger partial charge in [0.05, 0.1) is 18.8 Å². The molecule has 2 saturated carbocycles. The monoisotopic (exact) mass is 315 g/mol. The molecule has 2 amide bonds. The maximum absolute atomic E-state index is 12.1. The van der Waals surface area contributed by atoms with Crippen molar-refractivity contribution in [2.75, 3.05) is 5.32 Å². The molecule has 2 aromatic rings. The molecule has 0 aliphatic heterocycles. The van der Waals surface area contributed by atoms with Crippen LogP contribution in [0, 0.1) is 5.92 Å². The highest BCUT2D eigenvalue weighted by molar-refractivity contribution is 5.88. The number of nitrogens with one attached hydrogen (secondary N) is 2. The number of anilines is 1. The first-order valence-electron chi connectivity index (χ1n) is 8.19. The smallest absolute Gasteiger partial charge is 0.320 e. The van der Waals surface area contributed by atoms with Crippen LogP contribution in [0.5, 0.6) is 0 Å². The Hall–Kier alpha value is -2.38. The number of aromatic nitrogens is 5. The molecule has 2 heterocycles. The van der Waals surface area contributed by atoms with E-state index in [0.717, 1.165) is 24.5 Å². The van der Waals surface area contributed by atoms with Gasteiger partial charge in [-0.25, -0.2) is 9.48 Å². The quantitative estimate of drug-likeness (QED) is 0.854. The molecule has 2 N–H and O–H groups in total. The molecule has 1 atom stereocenters. The first kappa shape index (κ1) is 14.2. The normalized spacial score (nSPS) is 18.7. The van der Waals surface area contributed by atoms with Crippen LogP contribution < -0.4 is 10.6 Å². The standard InChI is InChI=1S/C15H21N7O/c1-10(11-2-3-11)22-13(6-7-18-22)19-15(23)16-8-14-20-17-9-21(14)12-4-5-12/h6-7,9-12H,2-5,8H2,1H3,(H2,16,19,23). The maximum Gasteiger partial charge on any atom is 0.320 e. The third-order valence-electron chi connectivity index (χ3n) is 4.60. The fourth-order valence-corrected chi connectivity index (χ4v) is 2.89. The second kappa shape index (κ2) is 5.68. The largest absolute Gasteiger partial charge is 0.331 e. The molecular formula is C15H21N7O. The summed E-state index contributed by atoms with van der Waals surface area (Å²) in [6, 6.07) is 2.40. The summed E-state index contributed by atoms with van der Waals surface area (Å²) in [6.45, 7) is 2.51. The lowest BCUT2D eigenvalue weighted by Gasteiger charge is -2.15. The number of carbonyl (C=O) groups is 1. The van der Waals surface area contributed by atoms with Crippen LogP contribution in [0.15, 0.2) is 18.6 Å². The van der Waals surface area contributed by atoms with Gasteiger partial charge in [0.25, 0.3) is 0 Å². The average molecular weight is 315 g/mol. The molecule has 2 aliphatic rings. The van der Waals surface area contributed by atoms with Crippen LogP contribution in [0.1, 0.15) is 50.5 Å². The van der Waals surface area contributed by atoms with Crippen LogP contribution in [0.2, 0.25) is 0 Å². The van der Waals surface area contributed by atoms with E-state index < -0.39 is 0 Å². The third kappa shape index (κ3) is 3.06. The SMILES string of the molecule is CC(C1CC1)n1nccc1NC(=O)NCc1nncn1C1CC1. The van der Waals surface area contributed by atoms with Crippen LogP contribution in [0.25, 0.3) is 0 Å². The number of nitrogens with zero attached hydrogens (tertiary/aromatic N) is 5. The van der Waals surface area contributed by atoms with Crippen LogP contribution in [-0.4, -0.2) is 30.6 Å². The summed E-state index contributed by atoms with van der Waals surface area (Å²) in [4.78, 5) is 12.1. The van der Waals surface area contributed by atoms with Crippen molar-refractivity contribution in [1.29, 1.82) is 0 Å². The highest BCUT2D eigenvalue weighted by Crippen LogP contribution is 2.40. The molecule has 0 radical (unpaired) electrons. The Labute approximate surface area is 134 Å². The van der Waals surface area contributed by atoms with Gasteiger partial charge in [-0.1, -0.05) is 0 Å². The lowest BCUT2D eigenvalue weighted by atomic mass is 10.2. The first-order chi connectivity index (χ1) is 11.2. The Bertz CT molecular complexity index is 698. The Morgan fingerprint density at radius 3 is 2.96 bits per heavy atom. The van der Waals surface area contributed by atoms with Crippen molar-refractivity contribution in [3.63, 3.8) is 0 Å². The number of carbonyl (C=O) groups excluding carboxylic acids is 1.